The third-order valence-electron chi connectivity index (χ3n) is 1.83. The van der Waals surface area contributed by atoms with Gasteiger partial charge in [-0.3, -0.25) is 0 Å². The molecule has 0 spiro atoms. The van der Waals surface area contributed by atoms with Crippen LogP contribution in [0.25, 0.3) is 0 Å². The zero-order valence-electron chi connectivity index (χ0n) is 7.94. The molecule has 0 fully saturated rings. The van der Waals surface area contributed by atoms with Crippen molar-refractivity contribution in [3.8, 4) is 0 Å². The largest absolute Gasteiger partial charge is 0.449 e. The first-order chi connectivity index (χ1) is 6.63. The van der Waals surface area contributed by atoms with Crippen molar-refractivity contribution in [2.24, 2.45) is 5.73 Å². The highest BCUT2D eigenvalue weighted by molar-refractivity contribution is 7.99. The van der Waals surface area contributed by atoms with Gasteiger partial charge >= 0.3 is 0 Å². The molecule has 5 heteroatoms. The van der Waals surface area contributed by atoms with Crippen molar-refractivity contribution in [1.29, 1.82) is 0 Å². The minimum Gasteiger partial charge on any atom is -0.449 e. The van der Waals surface area contributed by atoms with Crippen LogP contribution in [-0.2, 0) is 5.75 Å². The molecule has 80 valence electrons. The third kappa shape index (κ3) is 3.53. The fourth-order valence-corrected chi connectivity index (χ4v) is 2.09. The fourth-order valence-electron chi connectivity index (χ4n) is 0.989. The highest BCUT2D eigenvalue weighted by atomic mass is 35.5. The number of nitrogens with two attached hydrogens (primary N) is 1. The molecule has 0 bridgehead atoms. The van der Waals surface area contributed by atoms with Crippen LogP contribution in [0.2, 0.25) is 5.22 Å². The van der Waals surface area contributed by atoms with Gasteiger partial charge in [0, 0.05) is 11.3 Å². The Balaban J connectivity index is 2.39. The number of hydrogen-bond donors (Lipinski definition) is 2. The molecule has 14 heavy (non-hydrogen) atoms. The van der Waals surface area contributed by atoms with E-state index in [2.05, 4.69) is 0 Å². The Hall–Kier alpha value is -0.160. The second-order valence-electron chi connectivity index (χ2n) is 3.10. The molecule has 0 aliphatic heterocycles. The summed E-state index contributed by atoms with van der Waals surface area (Å²) in [6.07, 6.45) is 0. The van der Waals surface area contributed by atoms with Crippen molar-refractivity contribution in [2.75, 3.05) is 6.61 Å². The smallest absolute Gasteiger partial charge is 0.193 e. The molecule has 1 aromatic heterocycles. The first-order valence-electron chi connectivity index (χ1n) is 4.35. The first kappa shape index (κ1) is 11.9. The minimum atomic E-state index is -0.0320. The molecule has 1 heterocycles. The molecule has 0 aliphatic carbocycles. The monoisotopic (exact) mass is 235 g/mol. The number of thioether (sulfide) groups is 1. The van der Waals surface area contributed by atoms with Crippen LogP contribution < -0.4 is 5.73 Å². The van der Waals surface area contributed by atoms with Crippen molar-refractivity contribution in [3.05, 3.63) is 23.1 Å². The van der Waals surface area contributed by atoms with Gasteiger partial charge in [-0.2, -0.15) is 0 Å². The summed E-state index contributed by atoms with van der Waals surface area (Å²) in [5.41, 5.74) is 5.68. The van der Waals surface area contributed by atoms with Crippen molar-refractivity contribution < 1.29 is 9.52 Å². The number of aliphatic hydroxyl groups excluding tert-OH is 1. The van der Waals surface area contributed by atoms with Gasteiger partial charge < -0.3 is 15.3 Å². The van der Waals surface area contributed by atoms with Crippen LogP contribution in [0.1, 0.15) is 12.7 Å². The fraction of sp³-hybridized carbons (Fsp3) is 0.556. The van der Waals surface area contributed by atoms with Gasteiger partial charge in [0.2, 0.25) is 0 Å². The summed E-state index contributed by atoms with van der Waals surface area (Å²) in [5.74, 6) is 1.48. The van der Waals surface area contributed by atoms with Crippen LogP contribution >= 0.6 is 23.4 Å². The van der Waals surface area contributed by atoms with E-state index in [9.17, 15) is 0 Å². The van der Waals surface area contributed by atoms with Crippen LogP contribution in [0.15, 0.2) is 16.5 Å². The number of aliphatic hydroxyl groups is 1. The van der Waals surface area contributed by atoms with Crippen LogP contribution in [0.3, 0.4) is 0 Å². The zero-order chi connectivity index (χ0) is 10.6. The van der Waals surface area contributed by atoms with E-state index >= 15 is 0 Å². The highest BCUT2D eigenvalue weighted by Gasteiger charge is 2.13. The van der Waals surface area contributed by atoms with Crippen LogP contribution in [-0.4, -0.2) is 23.0 Å². The average molecular weight is 236 g/mol. The Morgan fingerprint density at radius 1 is 1.64 bits per heavy atom. The van der Waals surface area contributed by atoms with E-state index in [1.54, 1.807) is 17.8 Å². The molecule has 1 rings (SSSR count). The molecular weight excluding hydrogens is 222 g/mol. The number of furan rings is 1. The van der Waals surface area contributed by atoms with Gasteiger partial charge in [-0.25, -0.2) is 0 Å². The molecular formula is C9H14ClNO2S. The second kappa shape index (κ2) is 5.66. The summed E-state index contributed by atoms with van der Waals surface area (Å²) in [6.45, 7) is 1.96. The molecule has 3 N–H and O–H groups in total. The quantitative estimate of drug-likeness (QED) is 0.818. The van der Waals surface area contributed by atoms with Gasteiger partial charge in [0.25, 0.3) is 0 Å². The molecule has 0 saturated carbocycles. The predicted octanol–water partition coefficient (Wildman–Crippen LogP) is 1.87. The molecule has 2 unspecified atom stereocenters. The lowest BCUT2D eigenvalue weighted by Gasteiger charge is -2.16. The number of hydrogen-bond acceptors (Lipinski definition) is 4. The van der Waals surface area contributed by atoms with Crippen LogP contribution in [0.4, 0.5) is 0 Å². The van der Waals surface area contributed by atoms with Crippen molar-refractivity contribution >= 4 is 23.4 Å². The summed E-state index contributed by atoms with van der Waals surface area (Å²) >= 11 is 7.19. The number of rotatable bonds is 5. The van der Waals surface area contributed by atoms with Crippen molar-refractivity contribution in [3.63, 3.8) is 0 Å². The minimum absolute atomic E-state index is 0.0320. The molecule has 0 aromatic carbocycles. The summed E-state index contributed by atoms with van der Waals surface area (Å²) in [7, 11) is 0. The van der Waals surface area contributed by atoms with E-state index in [4.69, 9.17) is 26.9 Å². The molecule has 0 amide bonds. The Labute approximate surface area is 92.6 Å². The predicted molar refractivity (Wildman–Crippen MR) is 59.5 cm³/mol. The maximum Gasteiger partial charge on any atom is 0.193 e. The van der Waals surface area contributed by atoms with Gasteiger partial charge in [-0.1, -0.05) is 0 Å². The topological polar surface area (TPSA) is 59.4 Å². The Morgan fingerprint density at radius 3 is 2.79 bits per heavy atom. The van der Waals surface area contributed by atoms with Crippen molar-refractivity contribution in [2.45, 2.75) is 24.0 Å². The van der Waals surface area contributed by atoms with Crippen LogP contribution in [0, 0.1) is 0 Å². The van der Waals surface area contributed by atoms with Gasteiger partial charge in [0.15, 0.2) is 5.22 Å². The normalized spacial score (nSPS) is 15.4. The molecule has 0 saturated heterocycles. The van der Waals surface area contributed by atoms with E-state index in [1.165, 1.54) is 0 Å². The van der Waals surface area contributed by atoms with E-state index in [1.807, 2.05) is 13.0 Å². The third-order valence-corrected chi connectivity index (χ3v) is 3.50. The SMILES string of the molecule is CC(N)C(CO)SCc1ccc(Cl)o1. The Bertz CT molecular complexity index is 278. The Kier molecular flexibility index (Phi) is 4.81. The molecule has 0 radical (unpaired) electrons. The highest BCUT2D eigenvalue weighted by Crippen LogP contribution is 2.22. The lowest BCUT2D eigenvalue weighted by atomic mass is 10.3. The molecule has 0 aliphatic rings. The maximum absolute atomic E-state index is 9.02. The lowest BCUT2D eigenvalue weighted by Crippen LogP contribution is -2.31. The van der Waals surface area contributed by atoms with Gasteiger partial charge in [-0.15, -0.1) is 11.8 Å². The van der Waals surface area contributed by atoms with Crippen molar-refractivity contribution in [1.82, 2.24) is 0 Å². The van der Waals surface area contributed by atoms with Gasteiger partial charge in [0.1, 0.15) is 5.76 Å². The van der Waals surface area contributed by atoms with Gasteiger partial charge in [-0.05, 0) is 30.7 Å². The van der Waals surface area contributed by atoms with E-state index in [0.717, 1.165) is 5.76 Å². The molecule has 1 aromatic rings. The standard InChI is InChI=1S/C9H14ClNO2S/c1-6(11)8(4-12)14-5-7-2-3-9(10)13-7/h2-3,6,8,12H,4-5,11H2,1H3. The maximum atomic E-state index is 9.02. The van der Waals surface area contributed by atoms with E-state index < -0.39 is 0 Å². The summed E-state index contributed by atoms with van der Waals surface area (Å²) < 4.78 is 5.18. The lowest BCUT2D eigenvalue weighted by molar-refractivity contribution is 0.285. The molecule has 2 atom stereocenters. The van der Waals surface area contributed by atoms with E-state index in [-0.39, 0.29) is 17.9 Å². The van der Waals surface area contributed by atoms with Crippen LogP contribution in [0.5, 0.6) is 0 Å². The zero-order valence-corrected chi connectivity index (χ0v) is 9.52. The van der Waals surface area contributed by atoms with E-state index in [0.29, 0.717) is 11.0 Å². The second-order valence-corrected chi connectivity index (χ2v) is 4.70. The number of halogens is 1. The Morgan fingerprint density at radius 2 is 2.36 bits per heavy atom. The summed E-state index contributed by atoms with van der Waals surface area (Å²) in [6, 6.07) is 3.50. The van der Waals surface area contributed by atoms with Gasteiger partial charge in [0.05, 0.1) is 12.4 Å². The average Bonchev–Trinajstić information content (AvgIpc) is 2.52. The molecule has 3 nitrogen and oxygen atoms in total. The first-order valence-corrected chi connectivity index (χ1v) is 5.78. The summed E-state index contributed by atoms with van der Waals surface area (Å²) in [4.78, 5) is 0. The summed E-state index contributed by atoms with van der Waals surface area (Å²) in [5, 5.41) is 9.45.